The third-order valence-electron chi connectivity index (χ3n) is 6.92. The highest BCUT2D eigenvalue weighted by atomic mass is 19.1. The maximum atomic E-state index is 14.4. The highest BCUT2D eigenvalue weighted by Crippen LogP contribution is 2.45. The lowest BCUT2D eigenvalue weighted by Crippen LogP contribution is -2.54. The average molecular weight is 536 g/mol. The molecule has 1 aromatic rings. The van der Waals surface area contributed by atoms with Crippen molar-refractivity contribution in [2.45, 2.75) is 59.0 Å². The van der Waals surface area contributed by atoms with E-state index < -0.39 is 35.0 Å². The smallest absolute Gasteiger partial charge is 0.244 e. The zero-order valence-electron chi connectivity index (χ0n) is 23.1. The Kier molecular flexibility index (Phi) is 12.5. The number of allylic oxidation sites excluding steroid dienone is 2. The van der Waals surface area contributed by atoms with Gasteiger partial charge in [-0.3, -0.25) is 9.59 Å². The highest BCUT2D eigenvalue weighted by molar-refractivity contribution is 5.96. The number of nitrogens with zero attached hydrogens (tertiary/aromatic N) is 1. The lowest BCUT2D eigenvalue weighted by molar-refractivity contribution is -0.145. The van der Waals surface area contributed by atoms with Crippen molar-refractivity contribution in [3.63, 3.8) is 0 Å². The second kappa shape index (κ2) is 15.1. The lowest BCUT2D eigenvalue weighted by atomic mass is 9.63. The largest absolute Gasteiger partial charge is 0.391 e. The van der Waals surface area contributed by atoms with Gasteiger partial charge in [-0.1, -0.05) is 31.6 Å². The topological polar surface area (TPSA) is 105 Å². The Morgan fingerprint density at radius 2 is 1.82 bits per heavy atom. The molecule has 0 saturated carbocycles. The first-order chi connectivity index (χ1) is 18.1. The number of rotatable bonds is 16. The predicted octanol–water partition coefficient (Wildman–Crippen LogP) is 3.51. The number of halogens is 2. The molecule has 0 saturated heterocycles. The fourth-order valence-corrected chi connectivity index (χ4v) is 5.36. The summed E-state index contributed by atoms with van der Waals surface area (Å²) >= 11 is 0. The van der Waals surface area contributed by atoms with Gasteiger partial charge < -0.3 is 25.8 Å². The molecule has 1 aliphatic rings. The molecule has 0 aliphatic heterocycles. The number of nitrogens with two attached hydrogens (primary N) is 1. The summed E-state index contributed by atoms with van der Waals surface area (Å²) in [4.78, 5) is 28.5. The number of hydrogen-bond acceptors (Lipinski definition) is 5. The van der Waals surface area contributed by atoms with Crippen molar-refractivity contribution in [1.29, 1.82) is 0 Å². The minimum atomic E-state index is -1.34. The van der Waals surface area contributed by atoms with Gasteiger partial charge in [0.15, 0.2) is 0 Å². The molecular weight excluding hydrogens is 492 g/mol. The standard InChI is InChI=1S/C29H43F2N3O4/c1-5-9-34(10-6-2)28(37)29(17-20(3)12-22(18-29)27(32)36)25(26(35)19-33-8-7-11-38-4)15-21-13-23(30)16-24(31)14-21/h12-14,16-17,25-26,33,35H,5-11,15,18-19H2,1-4H3,(H2,32,36)/t25-,26+,29?/m1/s1. The van der Waals surface area contributed by atoms with E-state index in [-0.39, 0.29) is 30.9 Å². The monoisotopic (exact) mass is 535 g/mol. The van der Waals surface area contributed by atoms with E-state index in [0.717, 1.165) is 25.3 Å². The molecular formula is C29H43F2N3O4. The maximum Gasteiger partial charge on any atom is 0.244 e. The number of benzene rings is 1. The molecule has 0 bridgehead atoms. The zero-order chi connectivity index (χ0) is 28.3. The summed E-state index contributed by atoms with van der Waals surface area (Å²) in [5.41, 5.74) is 5.62. The Hall–Kier alpha value is -2.62. The summed E-state index contributed by atoms with van der Waals surface area (Å²) in [5.74, 6) is -3.15. The van der Waals surface area contributed by atoms with Crippen LogP contribution in [0.4, 0.5) is 8.78 Å². The highest BCUT2D eigenvalue weighted by Gasteiger charge is 2.50. The van der Waals surface area contributed by atoms with Gasteiger partial charge in [0.2, 0.25) is 11.8 Å². The Labute approximate surface area is 225 Å². The molecule has 0 fully saturated rings. The number of carbonyl (C=O) groups excluding carboxylic acids is 2. The SMILES string of the molecule is CCCN(CCC)C(=O)C1([C@H](Cc2cc(F)cc(F)c2)[C@@H](O)CNCCCOC)C=C(C)C=C(C(N)=O)C1. The van der Waals surface area contributed by atoms with Crippen LogP contribution in [-0.2, 0) is 20.7 Å². The Morgan fingerprint density at radius 3 is 2.37 bits per heavy atom. The molecule has 9 heteroatoms. The molecule has 0 spiro atoms. The van der Waals surface area contributed by atoms with Gasteiger partial charge in [-0.15, -0.1) is 0 Å². The van der Waals surface area contributed by atoms with Crippen molar-refractivity contribution in [2.75, 3.05) is 39.9 Å². The summed E-state index contributed by atoms with van der Waals surface area (Å²) in [7, 11) is 1.61. The van der Waals surface area contributed by atoms with Crippen LogP contribution < -0.4 is 11.1 Å². The van der Waals surface area contributed by atoms with Gasteiger partial charge in [0.25, 0.3) is 0 Å². The number of methoxy groups -OCH3 is 1. The molecule has 0 aromatic heterocycles. The lowest BCUT2D eigenvalue weighted by Gasteiger charge is -2.45. The number of ether oxygens (including phenoxy) is 1. The van der Waals surface area contributed by atoms with Crippen molar-refractivity contribution in [3.8, 4) is 0 Å². The van der Waals surface area contributed by atoms with Crippen LogP contribution in [0.1, 0.15) is 52.0 Å². The fraction of sp³-hybridized carbons (Fsp3) is 0.586. The van der Waals surface area contributed by atoms with Crippen molar-refractivity contribution in [1.82, 2.24) is 10.2 Å². The van der Waals surface area contributed by atoms with Gasteiger partial charge >= 0.3 is 0 Å². The molecule has 7 nitrogen and oxygen atoms in total. The van der Waals surface area contributed by atoms with E-state index in [1.54, 1.807) is 31.1 Å². The van der Waals surface area contributed by atoms with Gasteiger partial charge in [-0.25, -0.2) is 8.78 Å². The summed E-state index contributed by atoms with van der Waals surface area (Å²) in [5, 5.41) is 14.8. The molecule has 38 heavy (non-hydrogen) atoms. The summed E-state index contributed by atoms with van der Waals surface area (Å²) in [6, 6.07) is 3.22. The molecule has 3 atom stereocenters. The Balaban J connectivity index is 2.63. The van der Waals surface area contributed by atoms with E-state index in [9.17, 15) is 23.5 Å². The number of hydrogen-bond donors (Lipinski definition) is 3. The van der Waals surface area contributed by atoms with Crippen LogP contribution in [0, 0.1) is 23.0 Å². The van der Waals surface area contributed by atoms with E-state index in [0.29, 0.717) is 37.4 Å². The number of carbonyl (C=O) groups is 2. The molecule has 1 unspecified atom stereocenters. The van der Waals surface area contributed by atoms with Crippen molar-refractivity contribution >= 4 is 11.8 Å². The first kappa shape index (κ1) is 31.6. The third kappa shape index (κ3) is 8.44. The predicted molar refractivity (Wildman–Crippen MR) is 144 cm³/mol. The van der Waals surface area contributed by atoms with Crippen LogP contribution in [0.3, 0.4) is 0 Å². The van der Waals surface area contributed by atoms with Crippen LogP contribution >= 0.6 is 0 Å². The van der Waals surface area contributed by atoms with Gasteiger partial charge in [0, 0.05) is 50.9 Å². The normalized spacial score (nSPS) is 18.9. The quantitative estimate of drug-likeness (QED) is 0.281. The molecule has 212 valence electrons. The number of aliphatic hydroxyl groups is 1. The van der Waals surface area contributed by atoms with Crippen molar-refractivity contribution < 1.29 is 28.2 Å². The summed E-state index contributed by atoms with van der Waals surface area (Å²) < 4.78 is 33.4. The second-order valence-corrected chi connectivity index (χ2v) is 10.1. The third-order valence-corrected chi connectivity index (χ3v) is 6.92. The molecule has 2 rings (SSSR count). The Morgan fingerprint density at radius 1 is 1.18 bits per heavy atom. The number of aliphatic hydroxyl groups excluding tert-OH is 1. The molecule has 1 aromatic carbocycles. The maximum absolute atomic E-state index is 14.4. The Bertz CT molecular complexity index is 987. The van der Waals surface area contributed by atoms with Crippen LogP contribution in [0.2, 0.25) is 0 Å². The van der Waals surface area contributed by atoms with E-state index >= 15 is 0 Å². The van der Waals surface area contributed by atoms with E-state index in [4.69, 9.17) is 10.5 Å². The first-order valence-corrected chi connectivity index (χ1v) is 13.4. The molecule has 1 aliphatic carbocycles. The average Bonchev–Trinajstić information content (AvgIpc) is 2.85. The van der Waals surface area contributed by atoms with Crippen LogP contribution in [-0.4, -0.2) is 67.8 Å². The van der Waals surface area contributed by atoms with Gasteiger partial charge in [0.1, 0.15) is 11.6 Å². The fourth-order valence-electron chi connectivity index (χ4n) is 5.36. The first-order valence-electron chi connectivity index (χ1n) is 13.4. The van der Waals surface area contributed by atoms with E-state index in [1.807, 2.05) is 13.8 Å². The second-order valence-electron chi connectivity index (χ2n) is 10.1. The zero-order valence-corrected chi connectivity index (χ0v) is 23.1. The van der Waals surface area contributed by atoms with Crippen LogP contribution in [0.25, 0.3) is 0 Å². The van der Waals surface area contributed by atoms with Gasteiger partial charge in [-0.2, -0.15) is 0 Å². The van der Waals surface area contributed by atoms with Crippen LogP contribution in [0.15, 0.2) is 41.5 Å². The molecule has 0 radical (unpaired) electrons. The minimum Gasteiger partial charge on any atom is -0.391 e. The summed E-state index contributed by atoms with van der Waals surface area (Å²) in [6.07, 6.45) is 4.57. The van der Waals surface area contributed by atoms with Crippen molar-refractivity contribution in [3.05, 3.63) is 58.7 Å². The minimum absolute atomic E-state index is 0.00830. The summed E-state index contributed by atoms with van der Waals surface area (Å²) in [6.45, 7) is 8.01. The number of primary amides is 1. The molecule has 2 amide bonds. The van der Waals surface area contributed by atoms with Crippen LogP contribution in [0.5, 0.6) is 0 Å². The molecule has 4 N–H and O–H groups in total. The van der Waals surface area contributed by atoms with E-state index in [1.165, 1.54) is 12.1 Å². The van der Waals surface area contributed by atoms with E-state index in [2.05, 4.69) is 5.32 Å². The van der Waals surface area contributed by atoms with Gasteiger partial charge in [-0.05, 0) is 63.3 Å². The van der Waals surface area contributed by atoms with Crippen molar-refractivity contribution in [2.24, 2.45) is 17.1 Å². The van der Waals surface area contributed by atoms with Gasteiger partial charge in [0.05, 0.1) is 11.5 Å². The number of amides is 2. The number of nitrogens with one attached hydrogen (secondary N) is 1. The molecule has 0 heterocycles.